The maximum absolute atomic E-state index is 11.7. The van der Waals surface area contributed by atoms with Crippen molar-refractivity contribution < 1.29 is 9.90 Å². The number of rotatable bonds is 3. The highest BCUT2D eigenvalue weighted by molar-refractivity contribution is 5.87. The van der Waals surface area contributed by atoms with Gasteiger partial charge in [-0.05, 0) is 16.3 Å². The highest BCUT2D eigenvalue weighted by Crippen LogP contribution is 2.19. The van der Waals surface area contributed by atoms with Crippen molar-refractivity contribution in [2.24, 2.45) is 0 Å². The van der Waals surface area contributed by atoms with Gasteiger partial charge in [0.2, 0.25) is 0 Å². The molecule has 0 fully saturated rings. The summed E-state index contributed by atoms with van der Waals surface area (Å²) in [6.45, 7) is 0. The second-order valence-electron chi connectivity index (χ2n) is 4.69. The number of aromatic nitrogens is 2. The van der Waals surface area contributed by atoms with E-state index in [2.05, 4.69) is 9.97 Å². The monoisotopic (exact) mass is 280 g/mol. The van der Waals surface area contributed by atoms with Crippen LogP contribution in [0.5, 0.6) is 0 Å². The Kier molecular flexibility index (Phi) is 3.23. The summed E-state index contributed by atoms with van der Waals surface area (Å²) >= 11 is 0. The minimum absolute atomic E-state index is 0.350. The number of carboxylic acids is 1. The molecule has 0 aliphatic rings. The van der Waals surface area contributed by atoms with Gasteiger partial charge >= 0.3 is 5.97 Å². The van der Waals surface area contributed by atoms with Gasteiger partial charge in [-0.15, -0.1) is 0 Å². The largest absolute Gasteiger partial charge is 0.477 e. The number of aromatic carboxylic acids is 1. The molecule has 0 unspecified atom stereocenters. The molecule has 3 aromatic rings. The number of nitrogens with zero attached hydrogens (tertiary/aromatic N) is 1. The molecular formula is C16H12N2O3. The Morgan fingerprint density at radius 2 is 1.90 bits per heavy atom. The van der Waals surface area contributed by atoms with E-state index in [1.807, 2.05) is 42.5 Å². The molecule has 104 valence electrons. The van der Waals surface area contributed by atoms with Gasteiger partial charge in [0.25, 0.3) is 5.56 Å². The van der Waals surface area contributed by atoms with Gasteiger partial charge < -0.3 is 10.1 Å². The first-order valence-corrected chi connectivity index (χ1v) is 6.43. The predicted molar refractivity (Wildman–Crippen MR) is 78.6 cm³/mol. The molecule has 3 rings (SSSR count). The second-order valence-corrected chi connectivity index (χ2v) is 4.69. The Morgan fingerprint density at radius 3 is 2.67 bits per heavy atom. The van der Waals surface area contributed by atoms with E-state index in [9.17, 15) is 9.59 Å². The number of aromatic amines is 1. The van der Waals surface area contributed by atoms with E-state index >= 15 is 0 Å². The van der Waals surface area contributed by atoms with E-state index < -0.39 is 11.5 Å². The Bertz CT molecular complexity index is 879. The van der Waals surface area contributed by atoms with Gasteiger partial charge in [0, 0.05) is 12.6 Å². The fourth-order valence-electron chi connectivity index (χ4n) is 2.30. The molecule has 0 saturated carbocycles. The summed E-state index contributed by atoms with van der Waals surface area (Å²) in [6.07, 6.45) is 1.54. The summed E-state index contributed by atoms with van der Waals surface area (Å²) in [5.74, 6) is -0.832. The first-order chi connectivity index (χ1) is 10.1. The molecule has 21 heavy (non-hydrogen) atoms. The highest BCUT2D eigenvalue weighted by Gasteiger charge is 2.10. The van der Waals surface area contributed by atoms with Gasteiger partial charge in [0.15, 0.2) is 0 Å². The third-order valence-corrected chi connectivity index (χ3v) is 3.32. The molecule has 0 bridgehead atoms. The van der Waals surface area contributed by atoms with Crippen molar-refractivity contribution in [1.82, 2.24) is 9.97 Å². The molecule has 2 N–H and O–H groups in total. The number of nitrogens with one attached hydrogen (secondary N) is 1. The van der Waals surface area contributed by atoms with Crippen LogP contribution < -0.4 is 5.56 Å². The molecular weight excluding hydrogens is 268 g/mol. The molecule has 0 saturated heterocycles. The standard InChI is InChI=1S/C16H12N2O3/c19-15-13(16(20)21)9-17-14(18-15)8-11-6-3-5-10-4-1-2-7-12(10)11/h1-7,9H,8H2,(H,20,21)(H,17,18,19). The van der Waals surface area contributed by atoms with Crippen LogP contribution in [0.25, 0.3) is 10.8 Å². The molecule has 5 heteroatoms. The summed E-state index contributed by atoms with van der Waals surface area (Å²) in [5, 5.41) is 11.0. The second kappa shape index (κ2) is 5.20. The minimum atomic E-state index is -1.28. The van der Waals surface area contributed by atoms with E-state index in [4.69, 9.17) is 5.11 Å². The molecule has 1 aromatic heterocycles. The average Bonchev–Trinajstić information content (AvgIpc) is 2.47. The zero-order valence-corrected chi connectivity index (χ0v) is 11.0. The van der Waals surface area contributed by atoms with Crippen LogP contribution in [0, 0.1) is 0 Å². The topological polar surface area (TPSA) is 83.0 Å². The number of benzene rings is 2. The SMILES string of the molecule is O=C(O)c1cnc(Cc2cccc3ccccc23)[nH]c1=O. The number of carboxylic acid groups (broad SMARTS) is 1. The van der Waals surface area contributed by atoms with Crippen LogP contribution in [0.4, 0.5) is 0 Å². The van der Waals surface area contributed by atoms with Crippen molar-refractivity contribution in [2.75, 3.05) is 0 Å². The van der Waals surface area contributed by atoms with Crippen molar-refractivity contribution in [2.45, 2.75) is 6.42 Å². The van der Waals surface area contributed by atoms with E-state index in [0.29, 0.717) is 12.2 Å². The quantitative estimate of drug-likeness (QED) is 0.770. The van der Waals surface area contributed by atoms with Gasteiger partial charge in [-0.1, -0.05) is 42.5 Å². The predicted octanol–water partition coefficient (Wildman–Crippen LogP) is 2.21. The zero-order valence-electron chi connectivity index (χ0n) is 11.0. The summed E-state index contributed by atoms with van der Waals surface area (Å²) < 4.78 is 0. The van der Waals surface area contributed by atoms with E-state index in [-0.39, 0.29) is 5.56 Å². The molecule has 5 nitrogen and oxygen atoms in total. The zero-order chi connectivity index (χ0) is 14.8. The summed E-state index contributed by atoms with van der Waals surface area (Å²) in [5.41, 5.74) is 0.0451. The third-order valence-electron chi connectivity index (χ3n) is 3.32. The summed E-state index contributed by atoms with van der Waals surface area (Å²) in [7, 11) is 0. The molecule has 0 aliphatic heterocycles. The highest BCUT2D eigenvalue weighted by atomic mass is 16.4. The number of hydrogen-bond donors (Lipinski definition) is 2. The smallest absolute Gasteiger partial charge is 0.342 e. The average molecular weight is 280 g/mol. The Labute approximate surface area is 119 Å². The number of fused-ring (bicyclic) bond motifs is 1. The number of hydrogen-bond acceptors (Lipinski definition) is 3. The lowest BCUT2D eigenvalue weighted by Gasteiger charge is -2.06. The van der Waals surface area contributed by atoms with E-state index in [0.717, 1.165) is 22.5 Å². The lowest BCUT2D eigenvalue weighted by molar-refractivity contribution is 0.0694. The van der Waals surface area contributed by atoms with Crippen LogP contribution in [0.15, 0.2) is 53.5 Å². The normalized spacial score (nSPS) is 10.7. The van der Waals surface area contributed by atoms with Crippen LogP contribution in [0.2, 0.25) is 0 Å². The molecule has 0 amide bonds. The molecule has 0 radical (unpaired) electrons. The van der Waals surface area contributed by atoms with Crippen LogP contribution in [-0.2, 0) is 6.42 Å². The van der Waals surface area contributed by atoms with Crippen LogP contribution in [-0.4, -0.2) is 21.0 Å². The molecule has 0 aliphatic carbocycles. The van der Waals surface area contributed by atoms with Crippen molar-refractivity contribution in [3.05, 3.63) is 76.0 Å². The van der Waals surface area contributed by atoms with Gasteiger partial charge in [0.05, 0.1) is 0 Å². The maximum Gasteiger partial charge on any atom is 0.342 e. The Morgan fingerprint density at radius 1 is 1.14 bits per heavy atom. The van der Waals surface area contributed by atoms with Crippen molar-refractivity contribution in [1.29, 1.82) is 0 Å². The molecule has 0 spiro atoms. The first kappa shape index (κ1) is 13.1. The lowest BCUT2D eigenvalue weighted by atomic mass is 10.0. The van der Waals surface area contributed by atoms with Gasteiger partial charge in [-0.2, -0.15) is 0 Å². The van der Waals surface area contributed by atoms with Gasteiger partial charge in [0.1, 0.15) is 11.4 Å². The van der Waals surface area contributed by atoms with Gasteiger partial charge in [-0.25, -0.2) is 9.78 Å². The van der Waals surface area contributed by atoms with E-state index in [1.54, 1.807) is 0 Å². The number of carbonyl (C=O) groups is 1. The molecule has 2 aromatic carbocycles. The van der Waals surface area contributed by atoms with Crippen LogP contribution >= 0.6 is 0 Å². The number of H-pyrrole nitrogens is 1. The van der Waals surface area contributed by atoms with Crippen molar-refractivity contribution in [3.8, 4) is 0 Å². The van der Waals surface area contributed by atoms with E-state index in [1.165, 1.54) is 0 Å². The Balaban J connectivity index is 2.01. The van der Waals surface area contributed by atoms with Crippen molar-refractivity contribution >= 4 is 16.7 Å². The lowest BCUT2D eigenvalue weighted by Crippen LogP contribution is -2.20. The summed E-state index contributed by atoms with van der Waals surface area (Å²) in [6, 6.07) is 13.9. The minimum Gasteiger partial charge on any atom is -0.477 e. The van der Waals surface area contributed by atoms with Crippen LogP contribution in [0.1, 0.15) is 21.7 Å². The third kappa shape index (κ3) is 2.53. The maximum atomic E-state index is 11.7. The van der Waals surface area contributed by atoms with Crippen molar-refractivity contribution in [3.63, 3.8) is 0 Å². The molecule has 1 heterocycles. The first-order valence-electron chi connectivity index (χ1n) is 6.43. The van der Waals surface area contributed by atoms with Crippen LogP contribution in [0.3, 0.4) is 0 Å². The Hall–Kier alpha value is -2.95. The fraction of sp³-hybridized carbons (Fsp3) is 0.0625. The summed E-state index contributed by atoms with van der Waals surface area (Å²) in [4.78, 5) is 29.0. The molecule has 0 atom stereocenters. The fourth-order valence-corrected chi connectivity index (χ4v) is 2.30. The van der Waals surface area contributed by atoms with Gasteiger partial charge in [-0.3, -0.25) is 4.79 Å².